The fourth-order valence-electron chi connectivity index (χ4n) is 2.84. The predicted molar refractivity (Wildman–Crippen MR) is 104 cm³/mol. The number of hydrogen-bond acceptors (Lipinski definition) is 8. The standard InChI is InChI=1S/C20H17F3N2O7/c1-11(24-14-4-3-13(20(21,22)23)9-15(14)25(28)29)19(27)32-10-16(26)12-2-5-17-18(8-12)31-7-6-30-17/h2-5,8-9,11,24H,6-7,10H2,1H3. The van der Waals surface area contributed by atoms with E-state index in [1.54, 1.807) is 6.07 Å². The zero-order chi connectivity index (χ0) is 23.5. The van der Waals surface area contributed by atoms with Crippen LogP contribution in [0.4, 0.5) is 24.5 Å². The van der Waals surface area contributed by atoms with Crippen molar-refractivity contribution in [3.05, 3.63) is 57.6 Å². The van der Waals surface area contributed by atoms with Gasteiger partial charge < -0.3 is 19.5 Å². The number of fused-ring (bicyclic) bond motifs is 1. The minimum Gasteiger partial charge on any atom is -0.486 e. The Labute approximate surface area is 179 Å². The quantitative estimate of drug-likeness (QED) is 0.292. The summed E-state index contributed by atoms with van der Waals surface area (Å²) in [6.07, 6.45) is -4.76. The number of ketones is 1. The van der Waals surface area contributed by atoms with E-state index in [4.69, 9.17) is 14.2 Å². The summed E-state index contributed by atoms with van der Waals surface area (Å²) in [5.41, 5.74) is -2.13. The summed E-state index contributed by atoms with van der Waals surface area (Å²) in [5.74, 6) is -0.577. The molecule has 0 amide bonds. The first-order chi connectivity index (χ1) is 15.1. The van der Waals surface area contributed by atoms with Crippen LogP contribution < -0.4 is 14.8 Å². The van der Waals surface area contributed by atoms with E-state index < -0.39 is 46.8 Å². The summed E-state index contributed by atoms with van der Waals surface area (Å²) in [6.45, 7) is 1.40. The van der Waals surface area contributed by atoms with Crippen molar-refractivity contribution in [2.75, 3.05) is 25.1 Å². The van der Waals surface area contributed by atoms with E-state index in [0.29, 0.717) is 36.8 Å². The van der Waals surface area contributed by atoms with E-state index >= 15 is 0 Å². The lowest BCUT2D eigenvalue weighted by atomic mass is 10.1. The van der Waals surface area contributed by atoms with Crippen molar-refractivity contribution in [2.24, 2.45) is 0 Å². The number of nitrogens with one attached hydrogen (secondary N) is 1. The molecule has 0 radical (unpaired) electrons. The number of hydrogen-bond donors (Lipinski definition) is 1. The smallest absolute Gasteiger partial charge is 0.416 e. The third kappa shape index (κ3) is 5.25. The first kappa shape index (κ1) is 22.8. The van der Waals surface area contributed by atoms with E-state index in [2.05, 4.69) is 5.32 Å². The predicted octanol–water partition coefficient (Wildman–Crippen LogP) is 3.61. The van der Waals surface area contributed by atoms with Gasteiger partial charge in [0, 0.05) is 11.6 Å². The maximum Gasteiger partial charge on any atom is 0.416 e. The van der Waals surface area contributed by atoms with Crippen LogP contribution >= 0.6 is 0 Å². The monoisotopic (exact) mass is 454 g/mol. The number of Topliss-reactive ketones (excluding diaryl/α,β-unsaturated/α-hetero) is 1. The van der Waals surface area contributed by atoms with Gasteiger partial charge in [-0.3, -0.25) is 14.9 Å². The second-order valence-electron chi connectivity index (χ2n) is 6.74. The van der Waals surface area contributed by atoms with E-state index in [1.165, 1.54) is 19.1 Å². The van der Waals surface area contributed by atoms with Gasteiger partial charge >= 0.3 is 12.1 Å². The number of esters is 1. The van der Waals surface area contributed by atoms with Crippen LogP contribution in [0.3, 0.4) is 0 Å². The minimum atomic E-state index is -4.76. The Morgan fingerprint density at radius 3 is 2.50 bits per heavy atom. The van der Waals surface area contributed by atoms with Crippen LogP contribution in [0.5, 0.6) is 11.5 Å². The first-order valence-corrected chi connectivity index (χ1v) is 9.28. The second-order valence-corrected chi connectivity index (χ2v) is 6.74. The maximum absolute atomic E-state index is 12.8. The lowest BCUT2D eigenvalue weighted by molar-refractivity contribution is -0.384. The highest BCUT2D eigenvalue weighted by atomic mass is 19.4. The van der Waals surface area contributed by atoms with Crippen molar-refractivity contribution in [2.45, 2.75) is 19.1 Å². The topological polar surface area (TPSA) is 117 Å². The molecule has 1 heterocycles. The van der Waals surface area contributed by atoms with Gasteiger partial charge in [0.25, 0.3) is 5.69 Å². The van der Waals surface area contributed by atoms with Crippen LogP contribution in [-0.2, 0) is 15.7 Å². The molecule has 170 valence electrons. The molecule has 1 unspecified atom stereocenters. The largest absolute Gasteiger partial charge is 0.486 e. The lowest BCUT2D eigenvalue weighted by Crippen LogP contribution is -2.30. The summed E-state index contributed by atoms with van der Waals surface area (Å²) in [7, 11) is 0. The number of carbonyl (C=O) groups is 2. The fraction of sp³-hybridized carbons (Fsp3) is 0.300. The zero-order valence-corrected chi connectivity index (χ0v) is 16.6. The Balaban J connectivity index is 1.62. The maximum atomic E-state index is 12.8. The fourth-order valence-corrected chi connectivity index (χ4v) is 2.84. The molecular formula is C20H17F3N2O7. The highest BCUT2D eigenvalue weighted by Crippen LogP contribution is 2.35. The van der Waals surface area contributed by atoms with Crippen LogP contribution in [0.1, 0.15) is 22.8 Å². The number of carbonyl (C=O) groups excluding carboxylic acids is 2. The SMILES string of the molecule is CC(Nc1ccc(C(F)(F)F)cc1[N+](=O)[O-])C(=O)OCC(=O)c1ccc2c(c1)OCCO2. The van der Waals surface area contributed by atoms with Crippen molar-refractivity contribution in [3.8, 4) is 11.5 Å². The molecule has 2 aromatic rings. The van der Waals surface area contributed by atoms with Gasteiger partial charge in [0.15, 0.2) is 23.9 Å². The van der Waals surface area contributed by atoms with Gasteiger partial charge in [-0.05, 0) is 37.3 Å². The molecule has 1 aliphatic heterocycles. The highest BCUT2D eigenvalue weighted by Gasteiger charge is 2.33. The van der Waals surface area contributed by atoms with Crippen molar-refractivity contribution in [1.82, 2.24) is 0 Å². The third-order valence-corrected chi connectivity index (χ3v) is 4.46. The van der Waals surface area contributed by atoms with Crippen LogP contribution in [0.15, 0.2) is 36.4 Å². The number of halogens is 3. The van der Waals surface area contributed by atoms with E-state index in [9.17, 15) is 32.9 Å². The third-order valence-electron chi connectivity index (χ3n) is 4.46. The Bertz CT molecular complexity index is 1060. The van der Waals surface area contributed by atoms with Gasteiger partial charge in [0.05, 0.1) is 10.5 Å². The molecule has 0 saturated heterocycles. The summed E-state index contributed by atoms with van der Waals surface area (Å²) < 4.78 is 54.1. The van der Waals surface area contributed by atoms with Gasteiger partial charge in [-0.25, -0.2) is 4.79 Å². The molecule has 32 heavy (non-hydrogen) atoms. The average molecular weight is 454 g/mol. The second kappa shape index (κ2) is 9.12. The molecule has 1 N–H and O–H groups in total. The number of alkyl halides is 3. The lowest BCUT2D eigenvalue weighted by Gasteiger charge is -2.18. The van der Waals surface area contributed by atoms with Crippen molar-refractivity contribution in [3.63, 3.8) is 0 Å². The number of nitro groups is 1. The van der Waals surface area contributed by atoms with Crippen LogP contribution in [-0.4, -0.2) is 42.5 Å². The Hall–Kier alpha value is -3.83. The zero-order valence-electron chi connectivity index (χ0n) is 16.6. The number of nitro benzene ring substituents is 1. The van der Waals surface area contributed by atoms with E-state index in [-0.39, 0.29) is 11.3 Å². The number of ether oxygens (including phenoxy) is 3. The van der Waals surface area contributed by atoms with Crippen molar-refractivity contribution >= 4 is 23.1 Å². The number of anilines is 1. The van der Waals surface area contributed by atoms with E-state index in [1.807, 2.05) is 0 Å². The van der Waals surface area contributed by atoms with Gasteiger partial charge in [-0.1, -0.05) is 0 Å². The highest BCUT2D eigenvalue weighted by molar-refractivity contribution is 5.98. The average Bonchev–Trinajstić information content (AvgIpc) is 2.76. The van der Waals surface area contributed by atoms with Crippen molar-refractivity contribution < 1.29 is 41.9 Å². The molecule has 3 rings (SSSR count). The molecule has 9 nitrogen and oxygen atoms in total. The van der Waals surface area contributed by atoms with Crippen LogP contribution in [0.2, 0.25) is 0 Å². The van der Waals surface area contributed by atoms with Gasteiger partial charge in [-0.15, -0.1) is 0 Å². The molecule has 1 aliphatic rings. The summed E-state index contributed by atoms with van der Waals surface area (Å²) >= 11 is 0. The first-order valence-electron chi connectivity index (χ1n) is 9.28. The summed E-state index contributed by atoms with van der Waals surface area (Å²) in [6, 6.07) is 5.18. The molecule has 0 bridgehead atoms. The normalized spacial score (nSPS) is 13.8. The van der Waals surface area contributed by atoms with Crippen LogP contribution in [0.25, 0.3) is 0 Å². The molecule has 1 atom stereocenters. The Kier molecular flexibility index (Phi) is 6.51. The molecule has 2 aromatic carbocycles. The molecule has 0 saturated carbocycles. The van der Waals surface area contributed by atoms with Crippen molar-refractivity contribution in [1.29, 1.82) is 0 Å². The molecule has 0 fully saturated rings. The van der Waals surface area contributed by atoms with E-state index in [0.717, 1.165) is 6.07 Å². The van der Waals surface area contributed by atoms with Gasteiger partial charge in [0.2, 0.25) is 0 Å². The summed E-state index contributed by atoms with van der Waals surface area (Å²) in [4.78, 5) is 34.6. The number of rotatable bonds is 7. The molecule has 0 spiro atoms. The molecule has 0 aliphatic carbocycles. The number of benzene rings is 2. The van der Waals surface area contributed by atoms with Gasteiger partial charge in [0.1, 0.15) is 24.9 Å². The summed E-state index contributed by atoms with van der Waals surface area (Å²) in [5, 5.41) is 13.6. The Morgan fingerprint density at radius 1 is 1.16 bits per heavy atom. The van der Waals surface area contributed by atoms with Gasteiger partial charge in [-0.2, -0.15) is 13.2 Å². The van der Waals surface area contributed by atoms with Crippen LogP contribution in [0, 0.1) is 10.1 Å². The molecule has 0 aromatic heterocycles. The Morgan fingerprint density at radius 2 is 1.84 bits per heavy atom. The minimum absolute atomic E-state index is 0.223. The molecule has 12 heteroatoms. The molecular weight excluding hydrogens is 437 g/mol. The number of nitrogens with zero attached hydrogens (tertiary/aromatic N) is 1.